The maximum Gasteiger partial charge on any atom is 0.278 e. The van der Waals surface area contributed by atoms with E-state index in [1.807, 2.05) is 0 Å². The van der Waals surface area contributed by atoms with Crippen molar-refractivity contribution in [2.75, 3.05) is 0 Å². The fourth-order valence-electron chi connectivity index (χ4n) is 1.99. The van der Waals surface area contributed by atoms with Crippen molar-refractivity contribution >= 4 is 21.6 Å². The highest BCUT2D eigenvalue weighted by Gasteiger charge is 2.23. The zero-order chi connectivity index (χ0) is 14.8. The van der Waals surface area contributed by atoms with Gasteiger partial charge in [-0.2, -0.15) is 0 Å². The van der Waals surface area contributed by atoms with E-state index in [9.17, 15) is 10.1 Å². The lowest BCUT2D eigenvalue weighted by Gasteiger charge is -2.25. The first-order valence-electron chi connectivity index (χ1n) is 6.38. The molecule has 5 heteroatoms. The Labute approximate surface area is 122 Å². The van der Waals surface area contributed by atoms with Gasteiger partial charge in [0.1, 0.15) is 0 Å². The van der Waals surface area contributed by atoms with Gasteiger partial charge >= 0.3 is 0 Å². The molecule has 0 fully saturated rings. The molecule has 0 spiro atoms. The maximum absolute atomic E-state index is 11.1. The van der Waals surface area contributed by atoms with Gasteiger partial charge in [-0.1, -0.05) is 36.7 Å². The van der Waals surface area contributed by atoms with Gasteiger partial charge in [-0.05, 0) is 32.1 Å². The maximum atomic E-state index is 11.1. The van der Waals surface area contributed by atoms with Crippen LogP contribution in [0.2, 0.25) is 0 Å². The molecular formula is C14H21BrN2O2. The number of rotatable bonds is 4. The number of halogens is 1. The second kappa shape index (κ2) is 5.99. The minimum atomic E-state index is -0.314. The molecule has 0 aliphatic heterocycles. The lowest BCUT2D eigenvalue weighted by atomic mass is 9.89. The van der Waals surface area contributed by atoms with E-state index in [1.165, 1.54) is 0 Å². The number of aryl methyl sites for hydroxylation is 2. The summed E-state index contributed by atoms with van der Waals surface area (Å²) in [4.78, 5) is 15.5. The van der Waals surface area contributed by atoms with Crippen LogP contribution in [-0.4, -0.2) is 14.7 Å². The third kappa shape index (κ3) is 4.00. The van der Waals surface area contributed by atoms with Gasteiger partial charge in [0, 0.05) is 22.2 Å². The molecule has 1 rings (SSSR count). The Bertz CT molecular complexity index is 481. The molecule has 0 saturated carbocycles. The van der Waals surface area contributed by atoms with Gasteiger partial charge in [0.05, 0.1) is 10.6 Å². The number of nitro groups is 1. The highest BCUT2D eigenvalue weighted by molar-refractivity contribution is 9.09. The third-order valence-electron chi connectivity index (χ3n) is 3.33. The van der Waals surface area contributed by atoms with Crippen molar-refractivity contribution in [2.24, 2.45) is 5.41 Å². The molecule has 0 radical (unpaired) electrons. The molecule has 1 atom stereocenters. The largest absolute Gasteiger partial charge is 0.278 e. The normalized spacial score (nSPS) is 13.4. The Balaban J connectivity index is 2.92. The van der Waals surface area contributed by atoms with E-state index in [1.54, 1.807) is 20.0 Å². The van der Waals surface area contributed by atoms with Crippen LogP contribution in [0.5, 0.6) is 0 Å². The molecule has 1 unspecified atom stereocenters. The molecule has 1 aromatic heterocycles. The molecular weight excluding hydrogens is 308 g/mol. The van der Waals surface area contributed by atoms with Crippen LogP contribution >= 0.6 is 15.9 Å². The molecule has 1 heterocycles. The summed E-state index contributed by atoms with van der Waals surface area (Å²) in [6.07, 6.45) is 3.26. The second-order valence-corrected chi connectivity index (χ2v) is 7.10. The van der Waals surface area contributed by atoms with Gasteiger partial charge in [0.15, 0.2) is 0 Å². The molecule has 0 amide bonds. The van der Waals surface area contributed by atoms with Gasteiger partial charge in [-0.3, -0.25) is 15.1 Å². The average molecular weight is 329 g/mol. The SMILES string of the molecule is Cc1cnc(CCC(Br)C(C)(C)C)c(C)c1[N+](=O)[O-]. The number of alkyl halides is 1. The molecule has 0 aromatic carbocycles. The summed E-state index contributed by atoms with van der Waals surface area (Å²) in [5.74, 6) is 0. The fraction of sp³-hybridized carbons (Fsp3) is 0.643. The zero-order valence-corrected chi connectivity index (χ0v) is 13.7. The van der Waals surface area contributed by atoms with Gasteiger partial charge in [0.25, 0.3) is 5.69 Å². The number of nitrogens with zero attached hydrogens (tertiary/aromatic N) is 2. The molecule has 4 nitrogen and oxygen atoms in total. The Morgan fingerprint density at radius 1 is 1.42 bits per heavy atom. The lowest BCUT2D eigenvalue weighted by Crippen LogP contribution is -2.21. The number of aromatic nitrogens is 1. The van der Waals surface area contributed by atoms with Crippen molar-refractivity contribution < 1.29 is 4.92 Å². The minimum absolute atomic E-state index is 0.171. The predicted molar refractivity (Wildman–Crippen MR) is 80.9 cm³/mol. The molecule has 0 N–H and O–H groups in total. The van der Waals surface area contributed by atoms with Crippen molar-refractivity contribution in [2.45, 2.75) is 52.3 Å². The van der Waals surface area contributed by atoms with E-state index >= 15 is 0 Å². The fourth-order valence-corrected chi connectivity index (χ4v) is 2.22. The molecule has 106 valence electrons. The summed E-state index contributed by atoms with van der Waals surface area (Å²) < 4.78 is 0. The van der Waals surface area contributed by atoms with Gasteiger partial charge < -0.3 is 0 Å². The number of hydrogen-bond acceptors (Lipinski definition) is 3. The smallest absolute Gasteiger partial charge is 0.260 e. The first-order valence-corrected chi connectivity index (χ1v) is 7.29. The van der Waals surface area contributed by atoms with Crippen molar-refractivity contribution in [3.63, 3.8) is 0 Å². The zero-order valence-electron chi connectivity index (χ0n) is 12.2. The van der Waals surface area contributed by atoms with Crippen molar-refractivity contribution in [1.29, 1.82) is 0 Å². The van der Waals surface area contributed by atoms with Crippen LogP contribution in [0.1, 0.15) is 44.0 Å². The Kier molecular flexibility index (Phi) is 5.07. The number of pyridine rings is 1. The quantitative estimate of drug-likeness (QED) is 0.469. The third-order valence-corrected chi connectivity index (χ3v) is 5.16. The van der Waals surface area contributed by atoms with Crippen LogP contribution in [0, 0.1) is 29.4 Å². The van der Waals surface area contributed by atoms with Crippen LogP contribution < -0.4 is 0 Å². The Hall–Kier alpha value is -0.970. The van der Waals surface area contributed by atoms with Gasteiger partial charge in [-0.25, -0.2) is 0 Å². The molecule has 0 saturated heterocycles. The van der Waals surface area contributed by atoms with Crippen LogP contribution in [0.3, 0.4) is 0 Å². The first kappa shape index (κ1) is 16.1. The van der Waals surface area contributed by atoms with Crippen LogP contribution in [0.25, 0.3) is 0 Å². The molecule has 19 heavy (non-hydrogen) atoms. The van der Waals surface area contributed by atoms with Crippen molar-refractivity contribution in [3.05, 3.63) is 33.1 Å². The summed E-state index contributed by atoms with van der Waals surface area (Å²) in [5, 5.41) is 11.1. The summed E-state index contributed by atoms with van der Waals surface area (Å²) in [6.45, 7) is 10.0. The minimum Gasteiger partial charge on any atom is -0.260 e. The van der Waals surface area contributed by atoms with Crippen LogP contribution in [0.15, 0.2) is 6.20 Å². The summed E-state index contributed by atoms with van der Waals surface area (Å²) >= 11 is 3.68. The van der Waals surface area contributed by atoms with E-state index in [-0.39, 0.29) is 16.0 Å². The van der Waals surface area contributed by atoms with Crippen molar-refractivity contribution in [3.8, 4) is 0 Å². The highest BCUT2D eigenvalue weighted by Crippen LogP contribution is 2.31. The van der Waals surface area contributed by atoms with Crippen molar-refractivity contribution in [1.82, 2.24) is 4.98 Å². The summed E-state index contributed by atoms with van der Waals surface area (Å²) in [5.41, 5.74) is 2.51. The van der Waals surface area contributed by atoms with Gasteiger partial charge in [0.2, 0.25) is 0 Å². The Morgan fingerprint density at radius 3 is 2.47 bits per heavy atom. The van der Waals surface area contributed by atoms with E-state index in [4.69, 9.17) is 0 Å². The standard InChI is InChI=1S/C14H21BrN2O2/c1-9-8-16-11(10(2)13(9)17(18)19)6-7-12(15)14(3,4)5/h8,12H,6-7H2,1-5H3. The van der Waals surface area contributed by atoms with E-state index < -0.39 is 0 Å². The molecule has 1 aromatic rings. The van der Waals surface area contributed by atoms with Crippen LogP contribution in [0.4, 0.5) is 5.69 Å². The topological polar surface area (TPSA) is 56.0 Å². The van der Waals surface area contributed by atoms with E-state index in [0.29, 0.717) is 16.0 Å². The lowest BCUT2D eigenvalue weighted by molar-refractivity contribution is -0.386. The highest BCUT2D eigenvalue weighted by atomic mass is 79.9. The number of hydrogen-bond donors (Lipinski definition) is 0. The first-order chi connectivity index (χ1) is 8.64. The average Bonchev–Trinajstić information content (AvgIpc) is 2.25. The monoisotopic (exact) mass is 328 g/mol. The summed E-state index contributed by atoms with van der Waals surface area (Å²) in [6, 6.07) is 0. The molecule has 0 aliphatic rings. The van der Waals surface area contributed by atoms with Gasteiger partial charge in [-0.15, -0.1) is 0 Å². The predicted octanol–water partition coefficient (Wildman–Crippen LogP) is 4.35. The van der Waals surface area contributed by atoms with E-state index in [0.717, 1.165) is 18.5 Å². The molecule has 0 aliphatic carbocycles. The van der Waals surface area contributed by atoms with Crippen LogP contribution in [-0.2, 0) is 6.42 Å². The van der Waals surface area contributed by atoms with E-state index in [2.05, 4.69) is 41.7 Å². The Morgan fingerprint density at radius 2 is 2.00 bits per heavy atom. The molecule has 0 bridgehead atoms. The second-order valence-electron chi connectivity index (χ2n) is 5.99. The summed E-state index contributed by atoms with van der Waals surface area (Å²) in [7, 11) is 0.